The van der Waals surface area contributed by atoms with Gasteiger partial charge in [0.2, 0.25) is 0 Å². The van der Waals surface area contributed by atoms with E-state index in [0.29, 0.717) is 11.9 Å². The van der Waals surface area contributed by atoms with Crippen LogP contribution in [0, 0.1) is 5.92 Å². The maximum absolute atomic E-state index is 6.13. The summed E-state index contributed by atoms with van der Waals surface area (Å²) < 4.78 is 5.37. The largest absolute Gasteiger partial charge is 0.381 e. The predicted molar refractivity (Wildman–Crippen MR) is 90.7 cm³/mol. The smallest absolute Gasteiger partial charge is 0.191 e. The Hall–Kier alpha value is -1.46. The Bertz CT molecular complexity index is 505. The lowest BCUT2D eigenvalue weighted by Gasteiger charge is -2.36. The van der Waals surface area contributed by atoms with E-state index >= 15 is 0 Å². The molecule has 6 heteroatoms. The Balaban J connectivity index is 1.50. The first-order valence-electron chi connectivity index (χ1n) is 7.85. The highest BCUT2D eigenvalue weighted by Crippen LogP contribution is 2.19. The summed E-state index contributed by atoms with van der Waals surface area (Å²) in [5.74, 6) is 1.21. The number of halogens is 1. The molecule has 0 bridgehead atoms. The lowest BCUT2D eigenvalue weighted by atomic mass is 10.1. The van der Waals surface area contributed by atoms with Gasteiger partial charge >= 0.3 is 0 Å². The predicted octanol–water partition coefficient (Wildman–Crippen LogP) is 1.81. The van der Waals surface area contributed by atoms with Gasteiger partial charge in [0.1, 0.15) is 0 Å². The van der Waals surface area contributed by atoms with Gasteiger partial charge in [-0.1, -0.05) is 11.6 Å². The number of hydrogen-bond acceptors (Lipinski definition) is 3. The molecular formula is C16H23ClN4O. The van der Waals surface area contributed by atoms with Crippen LogP contribution in [0.1, 0.15) is 6.42 Å². The van der Waals surface area contributed by atoms with Gasteiger partial charge in [0.15, 0.2) is 5.96 Å². The third-order valence-electron chi connectivity index (χ3n) is 4.33. The summed E-state index contributed by atoms with van der Waals surface area (Å²) in [5, 5.41) is 0.773. The first kappa shape index (κ1) is 15.4. The Morgan fingerprint density at radius 2 is 1.95 bits per heavy atom. The highest BCUT2D eigenvalue weighted by atomic mass is 35.5. The molecule has 0 amide bonds. The van der Waals surface area contributed by atoms with Gasteiger partial charge in [0.25, 0.3) is 0 Å². The van der Waals surface area contributed by atoms with E-state index in [2.05, 4.69) is 26.9 Å². The van der Waals surface area contributed by atoms with Crippen LogP contribution in [0.3, 0.4) is 0 Å². The number of hydrogen-bond donors (Lipinski definition) is 1. The minimum Gasteiger partial charge on any atom is -0.381 e. The summed E-state index contributed by atoms with van der Waals surface area (Å²) in [7, 11) is 0. The topological polar surface area (TPSA) is 54.1 Å². The van der Waals surface area contributed by atoms with Gasteiger partial charge in [-0.15, -0.1) is 0 Å². The van der Waals surface area contributed by atoms with Crippen LogP contribution in [0.15, 0.2) is 29.3 Å². The molecule has 3 rings (SSSR count). The molecule has 120 valence electrons. The van der Waals surface area contributed by atoms with Crippen molar-refractivity contribution in [2.45, 2.75) is 6.42 Å². The van der Waals surface area contributed by atoms with Crippen molar-refractivity contribution in [1.29, 1.82) is 0 Å². The van der Waals surface area contributed by atoms with Crippen molar-refractivity contribution in [3.05, 3.63) is 29.3 Å². The minimum absolute atomic E-state index is 0.536. The Labute approximate surface area is 136 Å². The highest BCUT2D eigenvalue weighted by Gasteiger charge is 2.20. The number of piperazine rings is 1. The zero-order valence-corrected chi connectivity index (χ0v) is 13.5. The summed E-state index contributed by atoms with van der Waals surface area (Å²) in [5.41, 5.74) is 7.34. The van der Waals surface area contributed by atoms with Crippen molar-refractivity contribution in [2.75, 3.05) is 50.8 Å². The SMILES string of the molecule is NC(=NCC1CCOC1)N1CCN(c2ccc(Cl)cc2)CC1. The van der Waals surface area contributed by atoms with Gasteiger partial charge in [-0.05, 0) is 30.7 Å². The van der Waals surface area contributed by atoms with E-state index in [-0.39, 0.29) is 0 Å². The molecule has 2 N–H and O–H groups in total. The lowest BCUT2D eigenvalue weighted by molar-refractivity contribution is 0.187. The van der Waals surface area contributed by atoms with Crippen molar-refractivity contribution in [3.63, 3.8) is 0 Å². The average Bonchev–Trinajstić information content (AvgIpc) is 3.07. The van der Waals surface area contributed by atoms with Crippen molar-refractivity contribution in [1.82, 2.24) is 4.90 Å². The molecule has 22 heavy (non-hydrogen) atoms. The van der Waals surface area contributed by atoms with E-state index in [0.717, 1.165) is 57.4 Å². The zero-order valence-electron chi connectivity index (χ0n) is 12.7. The number of aliphatic imine (C=N–C) groups is 1. The number of benzene rings is 1. The fraction of sp³-hybridized carbons (Fsp3) is 0.562. The van der Waals surface area contributed by atoms with Crippen molar-refractivity contribution in [2.24, 2.45) is 16.6 Å². The second-order valence-electron chi connectivity index (χ2n) is 5.88. The quantitative estimate of drug-likeness (QED) is 0.681. The molecule has 1 unspecified atom stereocenters. The van der Waals surface area contributed by atoms with Crippen molar-refractivity contribution >= 4 is 23.2 Å². The maximum Gasteiger partial charge on any atom is 0.191 e. The Kier molecular flexibility index (Phi) is 5.05. The van der Waals surface area contributed by atoms with Crippen molar-refractivity contribution in [3.8, 4) is 0 Å². The zero-order chi connectivity index (χ0) is 15.4. The van der Waals surface area contributed by atoms with Crippen LogP contribution in [0.2, 0.25) is 5.02 Å². The maximum atomic E-state index is 6.13. The van der Waals surface area contributed by atoms with Gasteiger partial charge in [0.05, 0.1) is 6.61 Å². The van der Waals surface area contributed by atoms with Gasteiger partial charge in [-0.3, -0.25) is 4.99 Å². The van der Waals surface area contributed by atoms with Crippen LogP contribution in [0.4, 0.5) is 5.69 Å². The van der Waals surface area contributed by atoms with Gasteiger partial charge in [-0.2, -0.15) is 0 Å². The molecule has 5 nitrogen and oxygen atoms in total. The number of rotatable bonds is 3. The van der Waals surface area contributed by atoms with E-state index in [9.17, 15) is 0 Å². The van der Waals surface area contributed by atoms with E-state index in [1.165, 1.54) is 5.69 Å². The van der Waals surface area contributed by atoms with Gasteiger partial charge in [-0.25, -0.2) is 0 Å². The number of guanidine groups is 1. The van der Waals surface area contributed by atoms with E-state index < -0.39 is 0 Å². The van der Waals surface area contributed by atoms with Crippen LogP contribution in [0.25, 0.3) is 0 Å². The monoisotopic (exact) mass is 322 g/mol. The van der Waals surface area contributed by atoms with E-state index in [1.807, 2.05) is 12.1 Å². The number of nitrogens with zero attached hydrogens (tertiary/aromatic N) is 3. The molecule has 0 spiro atoms. The van der Waals surface area contributed by atoms with E-state index in [4.69, 9.17) is 22.1 Å². The summed E-state index contributed by atoms with van der Waals surface area (Å²) in [6.45, 7) is 6.16. The lowest BCUT2D eigenvalue weighted by Crippen LogP contribution is -2.51. The molecule has 2 saturated heterocycles. The third-order valence-corrected chi connectivity index (χ3v) is 4.58. The molecule has 1 atom stereocenters. The first-order valence-corrected chi connectivity index (χ1v) is 8.23. The van der Waals surface area contributed by atoms with Gasteiger partial charge in [0, 0.05) is 56.0 Å². The minimum atomic E-state index is 0.536. The fourth-order valence-electron chi connectivity index (χ4n) is 2.90. The molecule has 1 aromatic carbocycles. The molecule has 2 heterocycles. The second kappa shape index (κ2) is 7.20. The summed E-state index contributed by atoms with van der Waals surface area (Å²) in [6, 6.07) is 8.00. The second-order valence-corrected chi connectivity index (χ2v) is 6.32. The normalized spacial score (nSPS) is 23.1. The summed E-state index contributed by atoms with van der Waals surface area (Å²) in [6.07, 6.45) is 1.10. The molecule has 1 aromatic rings. The number of nitrogens with two attached hydrogens (primary N) is 1. The van der Waals surface area contributed by atoms with Crippen LogP contribution < -0.4 is 10.6 Å². The van der Waals surface area contributed by atoms with Crippen LogP contribution >= 0.6 is 11.6 Å². The molecule has 0 aliphatic carbocycles. The van der Waals surface area contributed by atoms with Crippen molar-refractivity contribution < 1.29 is 4.74 Å². The van der Waals surface area contributed by atoms with Crippen LogP contribution in [-0.2, 0) is 4.74 Å². The molecule has 2 fully saturated rings. The number of ether oxygens (including phenoxy) is 1. The molecule has 2 aliphatic heterocycles. The molecular weight excluding hydrogens is 300 g/mol. The van der Waals surface area contributed by atoms with Crippen LogP contribution in [0.5, 0.6) is 0 Å². The van der Waals surface area contributed by atoms with E-state index in [1.54, 1.807) is 0 Å². The fourth-order valence-corrected chi connectivity index (χ4v) is 3.02. The molecule has 0 radical (unpaired) electrons. The number of anilines is 1. The summed E-state index contributed by atoms with van der Waals surface area (Å²) in [4.78, 5) is 9.06. The third kappa shape index (κ3) is 3.84. The Morgan fingerprint density at radius 1 is 1.23 bits per heavy atom. The average molecular weight is 323 g/mol. The highest BCUT2D eigenvalue weighted by molar-refractivity contribution is 6.30. The molecule has 2 aliphatic rings. The molecule has 0 aromatic heterocycles. The standard InChI is InChI=1S/C16H23ClN4O/c17-14-1-3-15(4-2-14)20-6-8-21(9-7-20)16(18)19-11-13-5-10-22-12-13/h1-4,13H,5-12H2,(H2,18,19). The molecule has 0 saturated carbocycles. The van der Waals surface area contributed by atoms with Gasteiger partial charge < -0.3 is 20.3 Å². The first-order chi connectivity index (χ1) is 10.7. The van der Waals surface area contributed by atoms with Crippen LogP contribution in [-0.4, -0.2) is 56.8 Å². The summed E-state index contributed by atoms with van der Waals surface area (Å²) >= 11 is 5.94. The Morgan fingerprint density at radius 3 is 2.59 bits per heavy atom.